The van der Waals surface area contributed by atoms with E-state index in [0.717, 1.165) is 5.56 Å². The molecular weight excluding hydrogens is 240 g/mol. The van der Waals surface area contributed by atoms with Gasteiger partial charge in [-0.15, -0.1) is 0 Å². The molecule has 0 aliphatic rings. The standard InChI is InChI=1S/C10H10N4O2S/c1-17-10-13-5-7(8(15)14-10)2-6-3-11-9(16)12-4-6/h3-5H,2H2,1H3,(H,11,12,16)(H,13,14,15). The first-order valence-electron chi connectivity index (χ1n) is 4.85. The molecule has 0 aromatic carbocycles. The molecule has 0 saturated carbocycles. The molecule has 0 aliphatic heterocycles. The molecule has 0 spiro atoms. The first kappa shape index (κ1) is 11.6. The lowest BCUT2D eigenvalue weighted by Crippen LogP contribution is -2.16. The highest BCUT2D eigenvalue weighted by Gasteiger charge is 2.04. The monoisotopic (exact) mass is 250 g/mol. The Morgan fingerprint density at radius 1 is 1.29 bits per heavy atom. The fraction of sp³-hybridized carbons (Fsp3) is 0.200. The predicted molar refractivity (Wildman–Crippen MR) is 64.3 cm³/mol. The molecule has 2 rings (SSSR count). The normalized spacial score (nSPS) is 10.4. The second kappa shape index (κ2) is 4.96. The van der Waals surface area contributed by atoms with Gasteiger partial charge >= 0.3 is 5.69 Å². The van der Waals surface area contributed by atoms with E-state index >= 15 is 0 Å². The Morgan fingerprint density at radius 3 is 2.71 bits per heavy atom. The maximum Gasteiger partial charge on any atom is 0.344 e. The summed E-state index contributed by atoms with van der Waals surface area (Å²) in [6.07, 6.45) is 6.84. The number of hydrogen-bond acceptors (Lipinski definition) is 5. The van der Waals surface area contributed by atoms with Gasteiger partial charge in [-0.25, -0.2) is 9.78 Å². The van der Waals surface area contributed by atoms with E-state index in [1.807, 2.05) is 6.26 Å². The molecule has 6 nitrogen and oxygen atoms in total. The van der Waals surface area contributed by atoms with E-state index in [4.69, 9.17) is 0 Å². The zero-order chi connectivity index (χ0) is 12.3. The van der Waals surface area contributed by atoms with Gasteiger partial charge in [0, 0.05) is 30.6 Å². The van der Waals surface area contributed by atoms with Crippen molar-refractivity contribution in [3.05, 3.63) is 50.6 Å². The van der Waals surface area contributed by atoms with Gasteiger partial charge in [0.1, 0.15) is 0 Å². The quantitative estimate of drug-likeness (QED) is 0.598. The predicted octanol–water partition coefficient (Wildman–Crippen LogP) is 0.166. The molecule has 0 fully saturated rings. The van der Waals surface area contributed by atoms with Gasteiger partial charge < -0.3 is 9.97 Å². The summed E-state index contributed by atoms with van der Waals surface area (Å²) in [7, 11) is 0. The summed E-state index contributed by atoms with van der Waals surface area (Å²) in [5, 5.41) is 0.582. The number of H-pyrrole nitrogens is 2. The van der Waals surface area contributed by atoms with Crippen molar-refractivity contribution in [1.82, 2.24) is 19.9 Å². The molecular formula is C10H10N4O2S. The zero-order valence-corrected chi connectivity index (χ0v) is 9.87. The molecule has 2 aromatic heterocycles. The van der Waals surface area contributed by atoms with E-state index in [2.05, 4.69) is 19.9 Å². The van der Waals surface area contributed by atoms with Crippen molar-refractivity contribution in [1.29, 1.82) is 0 Å². The lowest BCUT2D eigenvalue weighted by molar-refractivity contribution is 0.896. The molecule has 2 aromatic rings. The summed E-state index contributed by atoms with van der Waals surface area (Å²) in [5.74, 6) is 0. The van der Waals surface area contributed by atoms with Crippen molar-refractivity contribution < 1.29 is 0 Å². The lowest BCUT2D eigenvalue weighted by Gasteiger charge is -2.00. The zero-order valence-electron chi connectivity index (χ0n) is 9.06. The summed E-state index contributed by atoms with van der Waals surface area (Å²) < 4.78 is 0. The number of nitrogens with one attached hydrogen (secondary N) is 2. The van der Waals surface area contributed by atoms with Crippen LogP contribution in [0.5, 0.6) is 0 Å². The molecule has 2 heterocycles. The first-order valence-corrected chi connectivity index (χ1v) is 6.07. The van der Waals surface area contributed by atoms with Gasteiger partial charge in [-0.2, -0.15) is 4.98 Å². The number of rotatable bonds is 3. The Hall–Kier alpha value is -1.89. The van der Waals surface area contributed by atoms with Crippen LogP contribution in [0.4, 0.5) is 0 Å². The van der Waals surface area contributed by atoms with Crippen molar-refractivity contribution >= 4 is 11.8 Å². The van der Waals surface area contributed by atoms with Crippen LogP contribution < -0.4 is 11.2 Å². The third-order valence-electron chi connectivity index (χ3n) is 2.16. The van der Waals surface area contributed by atoms with Crippen molar-refractivity contribution in [2.45, 2.75) is 11.6 Å². The summed E-state index contributed by atoms with van der Waals surface area (Å²) >= 11 is 1.37. The highest BCUT2D eigenvalue weighted by atomic mass is 32.2. The molecule has 17 heavy (non-hydrogen) atoms. The molecule has 0 radical (unpaired) electrons. The number of aromatic amines is 2. The minimum absolute atomic E-state index is 0.265. The minimum Gasteiger partial charge on any atom is -0.341 e. The molecule has 0 amide bonds. The Morgan fingerprint density at radius 2 is 2.12 bits per heavy atom. The van der Waals surface area contributed by atoms with Gasteiger partial charge in [-0.1, -0.05) is 11.8 Å². The number of nitrogens with zero attached hydrogens (tertiary/aromatic N) is 2. The Kier molecular flexibility index (Phi) is 3.38. The van der Waals surface area contributed by atoms with Crippen LogP contribution >= 0.6 is 11.8 Å². The van der Waals surface area contributed by atoms with Crippen LogP contribution in [0, 0.1) is 0 Å². The van der Waals surface area contributed by atoms with E-state index in [9.17, 15) is 9.59 Å². The summed E-state index contributed by atoms with van der Waals surface area (Å²) in [5.41, 5.74) is 0.628. The fourth-order valence-electron chi connectivity index (χ4n) is 1.33. The van der Waals surface area contributed by atoms with Crippen LogP contribution in [-0.4, -0.2) is 26.2 Å². The molecule has 0 aliphatic carbocycles. The maximum absolute atomic E-state index is 11.6. The topological polar surface area (TPSA) is 91.5 Å². The van der Waals surface area contributed by atoms with Crippen LogP contribution in [0.2, 0.25) is 0 Å². The van der Waals surface area contributed by atoms with Crippen molar-refractivity contribution in [3.63, 3.8) is 0 Å². The van der Waals surface area contributed by atoms with Gasteiger partial charge in [-0.05, 0) is 11.8 Å². The molecule has 2 N–H and O–H groups in total. The second-order valence-corrected chi connectivity index (χ2v) is 4.14. The second-order valence-electron chi connectivity index (χ2n) is 3.34. The number of hydrogen-bond donors (Lipinski definition) is 2. The summed E-state index contributed by atoms with van der Waals surface area (Å²) in [6.45, 7) is 0. The average Bonchev–Trinajstić information content (AvgIpc) is 2.34. The van der Waals surface area contributed by atoms with Crippen LogP contribution in [0.1, 0.15) is 11.1 Å². The average molecular weight is 250 g/mol. The van der Waals surface area contributed by atoms with Gasteiger partial charge in [0.2, 0.25) is 0 Å². The first-order chi connectivity index (χ1) is 8.19. The van der Waals surface area contributed by atoms with E-state index in [1.165, 1.54) is 24.2 Å². The summed E-state index contributed by atoms with van der Waals surface area (Å²) in [4.78, 5) is 35.2. The van der Waals surface area contributed by atoms with Gasteiger partial charge in [0.25, 0.3) is 5.56 Å². The lowest BCUT2D eigenvalue weighted by atomic mass is 10.1. The molecule has 0 saturated heterocycles. The largest absolute Gasteiger partial charge is 0.344 e. The number of thioether (sulfide) groups is 1. The maximum atomic E-state index is 11.6. The van der Waals surface area contributed by atoms with Crippen LogP contribution in [0.25, 0.3) is 0 Å². The third kappa shape index (κ3) is 2.82. The summed E-state index contributed by atoms with van der Waals surface area (Å²) in [6, 6.07) is 0. The van der Waals surface area contributed by atoms with E-state index in [-0.39, 0.29) is 5.56 Å². The minimum atomic E-state index is -0.404. The van der Waals surface area contributed by atoms with Gasteiger partial charge in [0.15, 0.2) is 5.16 Å². The third-order valence-corrected chi connectivity index (χ3v) is 2.76. The van der Waals surface area contributed by atoms with Crippen molar-refractivity contribution in [2.24, 2.45) is 0 Å². The smallest absolute Gasteiger partial charge is 0.341 e. The van der Waals surface area contributed by atoms with Crippen LogP contribution in [0.3, 0.4) is 0 Å². The van der Waals surface area contributed by atoms with E-state index in [0.29, 0.717) is 17.1 Å². The van der Waals surface area contributed by atoms with Gasteiger partial charge in [0.05, 0.1) is 0 Å². The molecule has 0 bridgehead atoms. The van der Waals surface area contributed by atoms with Crippen LogP contribution in [0.15, 0.2) is 33.3 Å². The fourth-order valence-corrected chi connectivity index (χ4v) is 1.68. The van der Waals surface area contributed by atoms with Gasteiger partial charge in [-0.3, -0.25) is 4.79 Å². The molecule has 0 unspecified atom stereocenters. The molecule has 0 atom stereocenters. The molecule has 7 heteroatoms. The highest BCUT2D eigenvalue weighted by Crippen LogP contribution is 2.06. The highest BCUT2D eigenvalue weighted by molar-refractivity contribution is 7.98. The number of aromatic nitrogens is 4. The van der Waals surface area contributed by atoms with E-state index in [1.54, 1.807) is 6.20 Å². The van der Waals surface area contributed by atoms with Crippen LogP contribution in [-0.2, 0) is 6.42 Å². The van der Waals surface area contributed by atoms with Crippen molar-refractivity contribution in [2.75, 3.05) is 6.26 Å². The Balaban J connectivity index is 2.27. The molecule has 88 valence electrons. The SMILES string of the molecule is CSc1nc(=O)c(Cc2cnc(=O)[nH]c2)c[nH]1. The van der Waals surface area contributed by atoms with E-state index < -0.39 is 5.69 Å². The Bertz CT molecular complexity index is 614. The van der Waals surface area contributed by atoms with Crippen molar-refractivity contribution in [3.8, 4) is 0 Å². The Labute approximate surface area is 101 Å².